The predicted octanol–water partition coefficient (Wildman–Crippen LogP) is 5.14. The summed E-state index contributed by atoms with van der Waals surface area (Å²) in [5.41, 5.74) is 4.03. The minimum Gasteiger partial charge on any atom is -0.306 e. The Hall–Kier alpha value is -2.87. The van der Waals surface area contributed by atoms with E-state index in [4.69, 9.17) is 0 Å². The van der Waals surface area contributed by atoms with Crippen LogP contribution in [0.1, 0.15) is 17.5 Å². The summed E-state index contributed by atoms with van der Waals surface area (Å²) < 4.78 is 2.08. The van der Waals surface area contributed by atoms with Crippen LogP contribution in [-0.4, -0.2) is 9.55 Å². The first-order valence-electron chi connectivity index (χ1n) is 8.04. The third-order valence-electron chi connectivity index (χ3n) is 4.81. The van der Waals surface area contributed by atoms with E-state index in [-0.39, 0.29) is 0 Å². The molecule has 4 aromatic rings. The van der Waals surface area contributed by atoms with Gasteiger partial charge in [-0.25, -0.2) is 4.98 Å². The van der Waals surface area contributed by atoms with Crippen LogP contribution in [-0.2, 0) is 6.42 Å². The lowest BCUT2D eigenvalue weighted by Crippen LogP contribution is -1.96. The Kier molecular flexibility index (Phi) is 2.65. The molecule has 1 aromatic heterocycles. The Morgan fingerprint density at radius 1 is 0.870 bits per heavy atom. The Bertz CT molecular complexity index is 1060. The Labute approximate surface area is 134 Å². The van der Waals surface area contributed by atoms with Crippen molar-refractivity contribution >= 4 is 27.6 Å². The normalized spacial score (nSPS) is 13.6. The summed E-state index contributed by atoms with van der Waals surface area (Å²) in [7, 11) is 0. The number of hydrogen-bond acceptors (Lipinski definition) is 1. The molecular weight excluding hydrogens is 280 g/mol. The number of hydrogen-bond donors (Lipinski definition) is 0. The van der Waals surface area contributed by atoms with Crippen molar-refractivity contribution in [2.75, 3.05) is 0 Å². The Balaban J connectivity index is 1.88. The minimum atomic E-state index is 1.15. The lowest BCUT2D eigenvalue weighted by molar-refractivity contribution is 0.990. The standard InChI is InChI=1S/C21H16N2/c1-2-5-16-15(4-1)8-9-19-17-6-3-7-21(23-13-12-22-14-23)20(17)11-10-18(16)19/h2-3,5-14H,1,4H2. The lowest BCUT2D eigenvalue weighted by atomic mass is 9.90. The quantitative estimate of drug-likeness (QED) is 0.445. The molecule has 0 bridgehead atoms. The largest absolute Gasteiger partial charge is 0.306 e. The van der Waals surface area contributed by atoms with Crippen molar-refractivity contribution in [2.45, 2.75) is 12.8 Å². The highest BCUT2D eigenvalue weighted by Gasteiger charge is 2.11. The van der Waals surface area contributed by atoms with Gasteiger partial charge >= 0.3 is 0 Å². The summed E-state index contributed by atoms with van der Waals surface area (Å²) in [6.45, 7) is 0. The highest BCUT2D eigenvalue weighted by molar-refractivity contribution is 6.12. The van der Waals surface area contributed by atoms with Gasteiger partial charge in [0.2, 0.25) is 0 Å². The Morgan fingerprint density at radius 2 is 1.74 bits per heavy atom. The molecule has 0 spiro atoms. The van der Waals surface area contributed by atoms with Crippen LogP contribution in [0.15, 0.2) is 67.3 Å². The number of benzene rings is 3. The van der Waals surface area contributed by atoms with Gasteiger partial charge in [-0.2, -0.15) is 0 Å². The van der Waals surface area contributed by atoms with Gasteiger partial charge in [0.15, 0.2) is 0 Å². The van der Waals surface area contributed by atoms with Crippen LogP contribution in [0.25, 0.3) is 33.3 Å². The summed E-state index contributed by atoms with van der Waals surface area (Å²) in [4.78, 5) is 4.18. The van der Waals surface area contributed by atoms with Crippen LogP contribution in [0.4, 0.5) is 0 Å². The molecule has 110 valence electrons. The van der Waals surface area contributed by atoms with Gasteiger partial charge in [-0.1, -0.05) is 48.6 Å². The highest BCUT2D eigenvalue weighted by Crippen LogP contribution is 2.34. The zero-order valence-corrected chi connectivity index (χ0v) is 12.7. The second-order valence-corrected chi connectivity index (χ2v) is 6.08. The second kappa shape index (κ2) is 4.82. The van der Waals surface area contributed by atoms with Crippen LogP contribution in [0.5, 0.6) is 0 Å². The first-order chi connectivity index (χ1) is 11.4. The maximum absolute atomic E-state index is 4.18. The van der Waals surface area contributed by atoms with E-state index in [0.717, 1.165) is 12.8 Å². The number of nitrogens with zero attached hydrogens (tertiary/aromatic N) is 2. The van der Waals surface area contributed by atoms with E-state index in [2.05, 4.69) is 64.2 Å². The smallest absolute Gasteiger partial charge is 0.0991 e. The summed E-state index contributed by atoms with van der Waals surface area (Å²) >= 11 is 0. The molecule has 0 unspecified atom stereocenters. The van der Waals surface area contributed by atoms with E-state index in [1.165, 1.54) is 38.4 Å². The minimum absolute atomic E-state index is 1.15. The average molecular weight is 296 g/mol. The van der Waals surface area contributed by atoms with Gasteiger partial charge in [0.1, 0.15) is 0 Å². The molecule has 0 fully saturated rings. The zero-order chi connectivity index (χ0) is 15.2. The van der Waals surface area contributed by atoms with Crippen molar-refractivity contribution in [3.8, 4) is 5.69 Å². The van der Waals surface area contributed by atoms with E-state index in [0.29, 0.717) is 0 Å². The highest BCUT2D eigenvalue weighted by atomic mass is 15.0. The average Bonchev–Trinajstić information content (AvgIpc) is 3.15. The first-order valence-corrected chi connectivity index (χ1v) is 8.04. The topological polar surface area (TPSA) is 17.8 Å². The van der Waals surface area contributed by atoms with Crippen molar-refractivity contribution < 1.29 is 0 Å². The van der Waals surface area contributed by atoms with E-state index < -0.39 is 0 Å². The van der Waals surface area contributed by atoms with Crippen LogP contribution in [0.2, 0.25) is 0 Å². The van der Waals surface area contributed by atoms with Gasteiger partial charge in [-0.15, -0.1) is 0 Å². The maximum atomic E-state index is 4.18. The summed E-state index contributed by atoms with van der Waals surface area (Å²) in [5.74, 6) is 0. The van der Waals surface area contributed by atoms with E-state index in [1.807, 2.05) is 18.7 Å². The van der Waals surface area contributed by atoms with Crippen molar-refractivity contribution in [3.63, 3.8) is 0 Å². The van der Waals surface area contributed by atoms with Gasteiger partial charge in [0, 0.05) is 17.8 Å². The maximum Gasteiger partial charge on any atom is 0.0991 e. The van der Waals surface area contributed by atoms with E-state index in [1.54, 1.807) is 0 Å². The molecule has 2 heteroatoms. The lowest BCUT2D eigenvalue weighted by Gasteiger charge is -2.15. The molecule has 1 aliphatic carbocycles. The monoisotopic (exact) mass is 296 g/mol. The van der Waals surface area contributed by atoms with Crippen LogP contribution >= 0.6 is 0 Å². The fourth-order valence-electron chi connectivity index (χ4n) is 3.71. The van der Waals surface area contributed by atoms with Gasteiger partial charge < -0.3 is 4.57 Å². The van der Waals surface area contributed by atoms with Crippen molar-refractivity contribution in [2.24, 2.45) is 0 Å². The second-order valence-electron chi connectivity index (χ2n) is 6.08. The van der Waals surface area contributed by atoms with Crippen LogP contribution in [0.3, 0.4) is 0 Å². The van der Waals surface area contributed by atoms with Gasteiger partial charge in [-0.3, -0.25) is 0 Å². The Morgan fingerprint density at radius 3 is 2.65 bits per heavy atom. The molecule has 1 heterocycles. The van der Waals surface area contributed by atoms with Crippen molar-refractivity contribution in [3.05, 3.63) is 78.4 Å². The number of allylic oxidation sites excluding steroid dienone is 1. The third kappa shape index (κ3) is 1.85. The van der Waals surface area contributed by atoms with Gasteiger partial charge in [0.25, 0.3) is 0 Å². The zero-order valence-electron chi connectivity index (χ0n) is 12.7. The first kappa shape index (κ1) is 12.7. The number of imidazole rings is 1. The van der Waals surface area contributed by atoms with E-state index >= 15 is 0 Å². The molecule has 23 heavy (non-hydrogen) atoms. The van der Waals surface area contributed by atoms with Crippen LogP contribution < -0.4 is 0 Å². The molecule has 0 aliphatic heterocycles. The molecule has 0 saturated heterocycles. The molecule has 0 saturated carbocycles. The van der Waals surface area contributed by atoms with E-state index in [9.17, 15) is 0 Å². The molecular formula is C21H16N2. The molecule has 0 radical (unpaired) electrons. The summed E-state index contributed by atoms with van der Waals surface area (Å²) in [6.07, 6.45) is 12.5. The van der Waals surface area contributed by atoms with Crippen molar-refractivity contribution in [1.29, 1.82) is 0 Å². The molecule has 0 atom stereocenters. The fourth-order valence-corrected chi connectivity index (χ4v) is 3.71. The third-order valence-corrected chi connectivity index (χ3v) is 4.81. The van der Waals surface area contributed by atoms with Crippen LogP contribution in [0, 0.1) is 0 Å². The molecule has 3 aromatic carbocycles. The van der Waals surface area contributed by atoms with Gasteiger partial charge in [0.05, 0.1) is 12.0 Å². The SMILES string of the molecule is C1=Cc2c(ccc3c2ccc2c(-n4ccnc4)cccc23)CC1. The molecule has 0 amide bonds. The number of fused-ring (bicyclic) bond motifs is 5. The van der Waals surface area contributed by atoms with Crippen molar-refractivity contribution in [1.82, 2.24) is 9.55 Å². The number of aromatic nitrogens is 2. The molecule has 5 rings (SSSR count). The summed E-state index contributed by atoms with van der Waals surface area (Å²) in [6, 6.07) is 15.6. The molecule has 1 aliphatic rings. The number of aryl methyl sites for hydroxylation is 1. The fraction of sp³-hybridized carbons (Fsp3) is 0.0952. The molecule has 0 N–H and O–H groups in total. The summed E-state index contributed by atoms with van der Waals surface area (Å²) in [5, 5.41) is 5.25. The number of rotatable bonds is 1. The predicted molar refractivity (Wildman–Crippen MR) is 95.9 cm³/mol. The van der Waals surface area contributed by atoms with Gasteiger partial charge in [-0.05, 0) is 46.2 Å². The molecule has 2 nitrogen and oxygen atoms in total.